The fourth-order valence-electron chi connectivity index (χ4n) is 8.14. The lowest BCUT2D eigenvalue weighted by molar-refractivity contribution is 0.620. The van der Waals surface area contributed by atoms with Gasteiger partial charge in [-0.05, 0) is 69.8 Å². The predicted octanol–water partition coefficient (Wildman–Crippen LogP) is 13.0. The monoisotopic (exact) mass is 724 g/mol. The van der Waals surface area contributed by atoms with Gasteiger partial charge in [-0.2, -0.15) is 0 Å². The summed E-state index contributed by atoms with van der Waals surface area (Å²) < 4.78 is 8.80. The van der Waals surface area contributed by atoms with Crippen molar-refractivity contribution < 1.29 is 4.42 Å². The Morgan fingerprint density at radius 2 is 1.04 bits per heavy atom. The lowest BCUT2D eigenvalue weighted by atomic mass is 9.82. The molecule has 55 heavy (non-hydrogen) atoms. The molecule has 0 amide bonds. The molecule has 1 aliphatic carbocycles. The van der Waals surface area contributed by atoms with Crippen molar-refractivity contribution in [2.45, 2.75) is 19.3 Å². The fourth-order valence-corrected chi connectivity index (χ4v) is 9.24. The summed E-state index contributed by atoms with van der Waals surface area (Å²) in [6, 6.07) is 55.0. The van der Waals surface area contributed by atoms with Gasteiger partial charge in [0.25, 0.3) is 0 Å². The van der Waals surface area contributed by atoms with Gasteiger partial charge in [-0.15, -0.1) is 11.3 Å². The summed E-state index contributed by atoms with van der Waals surface area (Å²) in [6.45, 7) is 4.59. The first-order valence-electron chi connectivity index (χ1n) is 18.5. The molecule has 0 atom stereocenters. The van der Waals surface area contributed by atoms with Crippen molar-refractivity contribution in [3.8, 4) is 67.9 Å². The Hall–Kier alpha value is -6.76. The molecule has 3 aromatic heterocycles. The van der Waals surface area contributed by atoms with Crippen LogP contribution in [-0.2, 0) is 5.41 Å². The Bertz CT molecular complexity index is 3110. The average molecular weight is 725 g/mol. The third kappa shape index (κ3) is 5.13. The van der Waals surface area contributed by atoms with Gasteiger partial charge >= 0.3 is 0 Å². The molecule has 0 spiro atoms. The van der Waals surface area contributed by atoms with E-state index >= 15 is 0 Å². The molecule has 0 aliphatic heterocycles. The van der Waals surface area contributed by atoms with E-state index in [9.17, 15) is 0 Å². The molecule has 5 nitrogen and oxygen atoms in total. The van der Waals surface area contributed by atoms with Gasteiger partial charge in [0.1, 0.15) is 5.52 Å². The van der Waals surface area contributed by atoms with Crippen LogP contribution in [0.4, 0.5) is 0 Å². The van der Waals surface area contributed by atoms with Gasteiger partial charge in [0.05, 0.1) is 0 Å². The first kappa shape index (κ1) is 31.7. The average Bonchev–Trinajstić information content (AvgIpc) is 3.91. The van der Waals surface area contributed by atoms with Crippen LogP contribution in [-0.4, -0.2) is 19.9 Å². The number of fused-ring (bicyclic) bond motifs is 8. The maximum absolute atomic E-state index is 6.35. The van der Waals surface area contributed by atoms with E-state index in [0.717, 1.165) is 44.3 Å². The molecule has 0 unspecified atom stereocenters. The van der Waals surface area contributed by atoms with Crippen molar-refractivity contribution in [2.24, 2.45) is 0 Å². The van der Waals surface area contributed by atoms with Gasteiger partial charge < -0.3 is 4.42 Å². The van der Waals surface area contributed by atoms with Crippen LogP contribution in [0.3, 0.4) is 0 Å². The minimum absolute atomic E-state index is 0.142. The number of benzene rings is 7. The standard InChI is InChI=1S/C49H32N4OS/c1-49(2)38-14-8-6-12-35(38)36-25-24-34(28-39(36)49)47-52-45(31-18-16-30(17-19-31)29-10-4-3-5-11-29)51-46(53-47)32-20-22-33(23-21-32)48-50-44-40(54-48)26-27-42-43(44)37-13-7-9-15-41(37)55-42/h3-28H,1-2H3. The number of oxazole rings is 1. The molecule has 0 saturated carbocycles. The minimum atomic E-state index is -0.142. The van der Waals surface area contributed by atoms with Crippen molar-refractivity contribution in [3.05, 3.63) is 169 Å². The zero-order chi connectivity index (χ0) is 36.7. The number of thiophene rings is 1. The summed E-state index contributed by atoms with van der Waals surface area (Å²) >= 11 is 1.78. The highest BCUT2D eigenvalue weighted by Crippen LogP contribution is 2.49. The van der Waals surface area contributed by atoms with Crippen molar-refractivity contribution in [1.29, 1.82) is 0 Å². The van der Waals surface area contributed by atoms with Gasteiger partial charge in [0.2, 0.25) is 5.89 Å². The molecule has 0 radical (unpaired) electrons. The van der Waals surface area contributed by atoms with Gasteiger partial charge in [0.15, 0.2) is 23.1 Å². The van der Waals surface area contributed by atoms with E-state index < -0.39 is 0 Å². The van der Waals surface area contributed by atoms with E-state index in [4.69, 9.17) is 24.4 Å². The van der Waals surface area contributed by atoms with Crippen LogP contribution < -0.4 is 0 Å². The Morgan fingerprint density at radius 3 is 1.80 bits per heavy atom. The number of rotatable bonds is 5. The third-order valence-electron chi connectivity index (χ3n) is 11.0. The highest BCUT2D eigenvalue weighted by molar-refractivity contribution is 7.26. The van der Waals surface area contributed by atoms with Crippen LogP contribution in [0.15, 0.2) is 162 Å². The van der Waals surface area contributed by atoms with Crippen LogP contribution >= 0.6 is 11.3 Å². The summed E-state index contributed by atoms with van der Waals surface area (Å²) in [5, 5.41) is 2.35. The highest BCUT2D eigenvalue weighted by atomic mass is 32.1. The molecule has 10 aromatic rings. The van der Waals surface area contributed by atoms with E-state index in [0.29, 0.717) is 23.4 Å². The van der Waals surface area contributed by atoms with Crippen LogP contribution in [0.1, 0.15) is 25.0 Å². The number of hydrogen-bond donors (Lipinski definition) is 0. The van der Waals surface area contributed by atoms with Crippen LogP contribution in [0.5, 0.6) is 0 Å². The zero-order valence-electron chi connectivity index (χ0n) is 30.1. The summed E-state index contributed by atoms with van der Waals surface area (Å²) in [6.07, 6.45) is 0. The van der Waals surface area contributed by atoms with E-state index in [1.54, 1.807) is 11.3 Å². The molecule has 7 aromatic carbocycles. The molecule has 0 saturated heterocycles. The van der Waals surface area contributed by atoms with E-state index in [-0.39, 0.29) is 5.41 Å². The summed E-state index contributed by atoms with van der Waals surface area (Å²) in [4.78, 5) is 20.3. The van der Waals surface area contributed by atoms with Crippen molar-refractivity contribution in [2.75, 3.05) is 0 Å². The molecule has 0 N–H and O–H groups in total. The second-order valence-electron chi connectivity index (χ2n) is 14.7. The molecule has 0 bridgehead atoms. The van der Waals surface area contributed by atoms with Gasteiger partial charge in [0, 0.05) is 47.8 Å². The predicted molar refractivity (Wildman–Crippen MR) is 225 cm³/mol. The summed E-state index contributed by atoms with van der Waals surface area (Å²) in [5.41, 5.74) is 12.6. The zero-order valence-corrected chi connectivity index (χ0v) is 30.9. The first-order valence-corrected chi connectivity index (χ1v) is 19.3. The maximum atomic E-state index is 6.35. The third-order valence-corrected chi connectivity index (χ3v) is 12.2. The smallest absolute Gasteiger partial charge is 0.227 e. The van der Waals surface area contributed by atoms with Gasteiger partial charge in [-0.1, -0.05) is 135 Å². The van der Waals surface area contributed by atoms with Crippen LogP contribution in [0.25, 0.3) is 99.1 Å². The largest absolute Gasteiger partial charge is 0.436 e. The van der Waals surface area contributed by atoms with Gasteiger partial charge in [-0.3, -0.25) is 0 Å². The SMILES string of the molecule is CC1(C)c2ccccc2-c2ccc(-c3nc(-c4ccc(-c5ccccc5)cc4)nc(-c4ccc(-c5nc6c(ccc7sc8ccccc8c76)o5)cc4)n3)cc21. The second-order valence-corrected chi connectivity index (χ2v) is 15.7. The van der Waals surface area contributed by atoms with Crippen molar-refractivity contribution in [1.82, 2.24) is 19.9 Å². The van der Waals surface area contributed by atoms with Crippen molar-refractivity contribution >= 4 is 42.6 Å². The number of hydrogen-bond acceptors (Lipinski definition) is 6. The normalized spacial score (nSPS) is 13.1. The lowest BCUT2D eigenvalue weighted by Crippen LogP contribution is -2.15. The topological polar surface area (TPSA) is 64.7 Å². The summed E-state index contributed by atoms with van der Waals surface area (Å²) in [5.74, 6) is 2.45. The Labute approximate surface area is 321 Å². The molecular weight excluding hydrogens is 693 g/mol. The first-order chi connectivity index (χ1) is 27.0. The van der Waals surface area contributed by atoms with E-state index in [2.05, 4.69) is 135 Å². The highest BCUT2D eigenvalue weighted by Gasteiger charge is 2.35. The van der Waals surface area contributed by atoms with Crippen LogP contribution in [0.2, 0.25) is 0 Å². The molecule has 11 rings (SSSR count). The van der Waals surface area contributed by atoms with E-state index in [1.807, 2.05) is 36.4 Å². The minimum Gasteiger partial charge on any atom is -0.436 e. The molecule has 260 valence electrons. The Balaban J connectivity index is 1.01. The number of aromatic nitrogens is 4. The van der Waals surface area contributed by atoms with Crippen molar-refractivity contribution in [3.63, 3.8) is 0 Å². The molecule has 1 aliphatic rings. The quantitative estimate of drug-likeness (QED) is 0.177. The molecule has 3 heterocycles. The van der Waals surface area contributed by atoms with Crippen LogP contribution in [0, 0.1) is 0 Å². The maximum Gasteiger partial charge on any atom is 0.227 e. The fraction of sp³-hybridized carbons (Fsp3) is 0.0612. The molecule has 0 fully saturated rings. The van der Waals surface area contributed by atoms with E-state index in [1.165, 1.54) is 42.6 Å². The number of nitrogens with zero attached hydrogens (tertiary/aromatic N) is 4. The van der Waals surface area contributed by atoms with Gasteiger partial charge in [-0.25, -0.2) is 19.9 Å². The lowest BCUT2D eigenvalue weighted by Gasteiger charge is -2.21. The molecular formula is C49H32N4OS. The summed E-state index contributed by atoms with van der Waals surface area (Å²) in [7, 11) is 0. The molecule has 6 heteroatoms. The second kappa shape index (κ2) is 12.1. The Kier molecular flexibility index (Phi) is 7.00. The Morgan fingerprint density at radius 1 is 0.455 bits per heavy atom.